The molecular weight excluding hydrogens is 424 g/mol. The molecule has 0 aliphatic carbocycles. The quantitative estimate of drug-likeness (QED) is 0.341. The average Bonchev–Trinajstić information content (AvgIpc) is 3.04. The Kier molecular flexibility index (Phi) is 5.61. The second-order valence-electron chi connectivity index (χ2n) is 7.74. The molecule has 0 spiro atoms. The number of benzene rings is 3. The number of nitro groups is 1. The Morgan fingerprint density at radius 1 is 0.970 bits per heavy atom. The molecule has 1 saturated heterocycles. The summed E-state index contributed by atoms with van der Waals surface area (Å²) in [5.74, 6) is -1.14. The number of non-ortho nitro benzene ring substituents is 1. The third-order valence-electron chi connectivity index (χ3n) is 5.51. The molecular formula is C24H20N4O5. The van der Waals surface area contributed by atoms with Crippen LogP contribution in [-0.2, 0) is 15.1 Å². The Morgan fingerprint density at radius 3 is 2.18 bits per heavy atom. The Morgan fingerprint density at radius 2 is 1.58 bits per heavy atom. The van der Waals surface area contributed by atoms with Crippen LogP contribution in [0.1, 0.15) is 12.5 Å². The number of carbonyl (C=O) groups excluding carboxylic acids is 3. The topological polar surface area (TPSA) is 122 Å². The number of nitrogens with one attached hydrogen (secondary N) is 2. The summed E-state index contributed by atoms with van der Waals surface area (Å²) >= 11 is 0. The predicted molar refractivity (Wildman–Crippen MR) is 121 cm³/mol. The summed E-state index contributed by atoms with van der Waals surface area (Å²) in [5.41, 5.74) is 1.38. The van der Waals surface area contributed by atoms with Crippen LogP contribution < -0.4 is 10.6 Å². The zero-order chi connectivity index (χ0) is 23.6. The van der Waals surface area contributed by atoms with Crippen molar-refractivity contribution < 1.29 is 19.3 Å². The van der Waals surface area contributed by atoms with Gasteiger partial charge in [0.05, 0.1) is 4.92 Å². The first-order valence-corrected chi connectivity index (χ1v) is 10.1. The Hall–Kier alpha value is -4.53. The summed E-state index contributed by atoms with van der Waals surface area (Å²) in [6, 6.07) is 21.6. The van der Waals surface area contributed by atoms with Gasteiger partial charge in [0.15, 0.2) is 0 Å². The first-order chi connectivity index (χ1) is 15.8. The number of hydrogen-bond donors (Lipinski definition) is 2. The van der Waals surface area contributed by atoms with Crippen LogP contribution in [0.3, 0.4) is 0 Å². The molecule has 4 amide bonds. The molecule has 0 bridgehead atoms. The van der Waals surface area contributed by atoms with Gasteiger partial charge in [-0.2, -0.15) is 0 Å². The number of anilines is 1. The molecule has 3 aromatic rings. The highest BCUT2D eigenvalue weighted by Gasteiger charge is 2.49. The normalized spacial score (nSPS) is 17.5. The van der Waals surface area contributed by atoms with Crippen molar-refractivity contribution in [1.82, 2.24) is 10.2 Å². The summed E-state index contributed by atoms with van der Waals surface area (Å²) in [4.78, 5) is 49.1. The Balaban J connectivity index is 1.43. The number of imide groups is 1. The number of amides is 4. The average molecular weight is 444 g/mol. The molecule has 2 N–H and O–H groups in total. The van der Waals surface area contributed by atoms with Crippen LogP contribution in [0.15, 0.2) is 78.9 Å². The van der Waals surface area contributed by atoms with E-state index in [4.69, 9.17) is 0 Å². The summed E-state index contributed by atoms with van der Waals surface area (Å²) in [5, 5.41) is 16.1. The first kappa shape index (κ1) is 21.7. The molecule has 9 nitrogen and oxygen atoms in total. The van der Waals surface area contributed by atoms with Crippen LogP contribution in [0, 0.1) is 10.1 Å². The first-order valence-electron chi connectivity index (χ1n) is 10.1. The van der Waals surface area contributed by atoms with Crippen LogP contribution in [-0.4, -0.2) is 34.2 Å². The summed E-state index contributed by atoms with van der Waals surface area (Å²) in [6.45, 7) is 1.03. The predicted octanol–water partition coefficient (Wildman–Crippen LogP) is 3.67. The molecule has 0 saturated carbocycles. The van der Waals surface area contributed by atoms with Crippen molar-refractivity contribution in [3.63, 3.8) is 0 Å². The van der Waals surface area contributed by atoms with E-state index >= 15 is 0 Å². The fourth-order valence-electron chi connectivity index (χ4n) is 3.67. The number of rotatable bonds is 6. The molecule has 0 radical (unpaired) electrons. The van der Waals surface area contributed by atoms with Crippen molar-refractivity contribution in [2.45, 2.75) is 12.5 Å². The van der Waals surface area contributed by atoms with Gasteiger partial charge in [0, 0.05) is 17.8 Å². The SMILES string of the molecule is CC1(c2ccc([N+](=O)[O-])cc2)NC(=O)N(CC(=O)Nc2ccc(-c3ccccc3)cc2)C1=O. The summed E-state index contributed by atoms with van der Waals surface area (Å²) in [6.07, 6.45) is 0. The Labute approximate surface area is 189 Å². The van der Waals surface area contributed by atoms with Gasteiger partial charge in [0.2, 0.25) is 5.91 Å². The van der Waals surface area contributed by atoms with Gasteiger partial charge in [-0.3, -0.25) is 24.6 Å². The van der Waals surface area contributed by atoms with E-state index in [0.717, 1.165) is 16.0 Å². The fourth-order valence-corrected chi connectivity index (χ4v) is 3.67. The molecule has 1 fully saturated rings. The number of nitrogens with zero attached hydrogens (tertiary/aromatic N) is 2. The highest BCUT2D eigenvalue weighted by Crippen LogP contribution is 2.30. The van der Waals surface area contributed by atoms with Gasteiger partial charge in [-0.15, -0.1) is 0 Å². The summed E-state index contributed by atoms with van der Waals surface area (Å²) < 4.78 is 0. The minimum atomic E-state index is -1.43. The van der Waals surface area contributed by atoms with Crippen LogP contribution in [0.25, 0.3) is 11.1 Å². The second kappa shape index (κ2) is 8.54. The van der Waals surface area contributed by atoms with E-state index in [-0.39, 0.29) is 5.69 Å². The number of nitro benzene ring substituents is 1. The van der Waals surface area contributed by atoms with E-state index in [2.05, 4.69) is 10.6 Å². The van der Waals surface area contributed by atoms with Crippen molar-refractivity contribution >= 4 is 29.2 Å². The molecule has 0 aromatic heterocycles. The molecule has 9 heteroatoms. The van der Waals surface area contributed by atoms with Crippen molar-refractivity contribution in [2.24, 2.45) is 0 Å². The zero-order valence-corrected chi connectivity index (χ0v) is 17.6. The minimum absolute atomic E-state index is 0.131. The van der Waals surface area contributed by atoms with Crippen LogP contribution in [0.5, 0.6) is 0 Å². The monoisotopic (exact) mass is 444 g/mol. The standard InChI is InChI=1S/C24H20N4O5/c1-24(18-9-13-20(14-10-18)28(32)33)22(30)27(23(31)26-24)15-21(29)25-19-11-7-17(8-12-19)16-5-3-2-4-6-16/h2-14H,15H2,1H3,(H,25,29)(H,26,31). The largest absolute Gasteiger partial charge is 0.325 e. The van der Waals surface area contributed by atoms with Crippen LogP contribution in [0.4, 0.5) is 16.2 Å². The van der Waals surface area contributed by atoms with E-state index in [9.17, 15) is 24.5 Å². The number of carbonyl (C=O) groups is 3. The third-order valence-corrected chi connectivity index (χ3v) is 5.51. The maximum absolute atomic E-state index is 13.0. The molecule has 1 aliphatic rings. The number of hydrogen-bond acceptors (Lipinski definition) is 5. The lowest BCUT2D eigenvalue weighted by atomic mass is 9.92. The van der Waals surface area contributed by atoms with Crippen molar-refractivity contribution in [3.05, 3.63) is 94.5 Å². The smallest absolute Gasteiger partial charge is 0.325 e. The fraction of sp³-hybridized carbons (Fsp3) is 0.125. The molecule has 33 heavy (non-hydrogen) atoms. The lowest BCUT2D eigenvalue weighted by Crippen LogP contribution is -2.42. The van der Waals surface area contributed by atoms with Gasteiger partial charge >= 0.3 is 6.03 Å². The van der Waals surface area contributed by atoms with Crippen LogP contribution in [0.2, 0.25) is 0 Å². The van der Waals surface area contributed by atoms with Gasteiger partial charge in [-0.25, -0.2) is 4.79 Å². The van der Waals surface area contributed by atoms with E-state index in [0.29, 0.717) is 11.3 Å². The molecule has 4 rings (SSSR count). The van der Waals surface area contributed by atoms with Crippen molar-refractivity contribution in [3.8, 4) is 11.1 Å². The zero-order valence-electron chi connectivity index (χ0n) is 17.6. The molecule has 1 heterocycles. The van der Waals surface area contributed by atoms with Gasteiger partial charge in [0.25, 0.3) is 11.6 Å². The Bertz CT molecular complexity index is 1230. The second-order valence-corrected chi connectivity index (χ2v) is 7.74. The third kappa shape index (κ3) is 4.29. The van der Waals surface area contributed by atoms with E-state index in [1.807, 2.05) is 42.5 Å². The van der Waals surface area contributed by atoms with Crippen LogP contribution >= 0.6 is 0 Å². The lowest BCUT2D eigenvalue weighted by Gasteiger charge is -2.22. The number of urea groups is 1. The highest BCUT2D eigenvalue weighted by atomic mass is 16.6. The van der Waals surface area contributed by atoms with E-state index in [1.165, 1.54) is 31.2 Å². The highest BCUT2D eigenvalue weighted by molar-refractivity contribution is 6.10. The molecule has 1 unspecified atom stereocenters. The van der Waals surface area contributed by atoms with E-state index < -0.39 is 34.9 Å². The van der Waals surface area contributed by atoms with Crippen molar-refractivity contribution in [1.29, 1.82) is 0 Å². The van der Waals surface area contributed by atoms with Crippen molar-refractivity contribution in [2.75, 3.05) is 11.9 Å². The molecule has 3 aromatic carbocycles. The van der Waals surface area contributed by atoms with Gasteiger partial charge in [0.1, 0.15) is 12.1 Å². The summed E-state index contributed by atoms with van der Waals surface area (Å²) in [7, 11) is 0. The van der Waals surface area contributed by atoms with Gasteiger partial charge in [-0.1, -0.05) is 42.5 Å². The molecule has 1 atom stereocenters. The molecule has 166 valence electrons. The minimum Gasteiger partial charge on any atom is -0.325 e. The maximum Gasteiger partial charge on any atom is 0.325 e. The van der Waals surface area contributed by atoms with Gasteiger partial charge < -0.3 is 10.6 Å². The lowest BCUT2D eigenvalue weighted by molar-refractivity contribution is -0.384. The van der Waals surface area contributed by atoms with Gasteiger partial charge in [-0.05, 0) is 47.9 Å². The van der Waals surface area contributed by atoms with E-state index in [1.54, 1.807) is 12.1 Å². The molecule has 1 aliphatic heterocycles. The maximum atomic E-state index is 13.0.